The summed E-state index contributed by atoms with van der Waals surface area (Å²) in [6, 6.07) is -0.790. The molecule has 2 N–H and O–H groups in total. The predicted octanol–water partition coefficient (Wildman–Crippen LogP) is 3.60. The molecule has 34 heavy (non-hydrogen) atoms. The Bertz CT molecular complexity index is 732. The molecule has 1 aliphatic rings. The van der Waals surface area contributed by atoms with E-state index in [4.69, 9.17) is 14.2 Å². The van der Waals surface area contributed by atoms with Crippen molar-refractivity contribution in [2.24, 2.45) is 17.3 Å². The summed E-state index contributed by atoms with van der Waals surface area (Å²) in [5, 5.41) is 11.8. The molecule has 194 valence electrons. The van der Waals surface area contributed by atoms with Crippen LogP contribution in [0.5, 0.6) is 0 Å². The van der Waals surface area contributed by atoms with Gasteiger partial charge in [-0.15, -0.1) is 0 Å². The minimum absolute atomic E-state index is 0.0237. The van der Waals surface area contributed by atoms with Gasteiger partial charge in [0.15, 0.2) is 5.76 Å². The van der Waals surface area contributed by atoms with E-state index in [0.717, 1.165) is 12.8 Å². The summed E-state index contributed by atoms with van der Waals surface area (Å²) in [5.41, 5.74) is -0.496. The summed E-state index contributed by atoms with van der Waals surface area (Å²) in [5.74, 6) is -3.91. The van der Waals surface area contributed by atoms with Gasteiger partial charge in [-0.25, -0.2) is 9.59 Å². The molecule has 9 heteroatoms. The average molecular weight is 484 g/mol. The smallest absolute Gasteiger partial charge is 0.372 e. The number of amides is 1. The quantitative estimate of drug-likeness (QED) is 0.156. The number of aliphatic hydroxyl groups excluding tert-OH is 1. The van der Waals surface area contributed by atoms with Gasteiger partial charge < -0.3 is 24.6 Å². The first-order valence-corrected chi connectivity index (χ1v) is 12.2. The summed E-state index contributed by atoms with van der Waals surface area (Å²) < 4.78 is 16.3. The van der Waals surface area contributed by atoms with Crippen LogP contribution in [0.25, 0.3) is 0 Å². The molecule has 0 aliphatic carbocycles. The van der Waals surface area contributed by atoms with Crippen LogP contribution in [-0.4, -0.2) is 54.3 Å². The number of carbonyl (C=O) groups excluding carboxylic acids is 4. The van der Waals surface area contributed by atoms with E-state index >= 15 is 0 Å². The number of ether oxygens (including phenoxy) is 3. The van der Waals surface area contributed by atoms with Crippen LogP contribution in [0.4, 0.5) is 0 Å². The van der Waals surface area contributed by atoms with Crippen molar-refractivity contribution in [1.29, 1.82) is 0 Å². The van der Waals surface area contributed by atoms with E-state index in [1.54, 1.807) is 0 Å². The van der Waals surface area contributed by atoms with Crippen molar-refractivity contribution in [2.45, 2.75) is 91.7 Å². The topological polar surface area (TPSA) is 128 Å². The second-order valence-corrected chi connectivity index (χ2v) is 9.58. The molecular weight excluding hydrogens is 442 g/mol. The number of nitrogens with one attached hydrogen (secondary N) is 1. The maximum Gasteiger partial charge on any atom is 0.372 e. The van der Waals surface area contributed by atoms with Gasteiger partial charge in [0.1, 0.15) is 6.04 Å². The van der Waals surface area contributed by atoms with Crippen LogP contribution in [0.1, 0.15) is 79.6 Å². The largest absolute Gasteiger partial charge is 0.502 e. The molecule has 0 spiro atoms. The summed E-state index contributed by atoms with van der Waals surface area (Å²) in [6.45, 7) is 13.7. The Morgan fingerprint density at radius 3 is 2.38 bits per heavy atom. The Kier molecular flexibility index (Phi) is 12.3. The van der Waals surface area contributed by atoms with Crippen LogP contribution >= 0.6 is 0 Å². The number of aliphatic hydroxyl groups is 1. The Balaban J connectivity index is 2.92. The maximum absolute atomic E-state index is 12.8. The van der Waals surface area contributed by atoms with E-state index in [1.807, 2.05) is 34.6 Å². The predicted molar refractivity (Wildman–Crippen MR) is 126 cm³/mol. The Morgan fingerprint density at radius 2 is 1.88 bits per heavy atom. The minimum Gasteiger partial charge on any atom is -0.502 e. The lowest BCUT2D eigenvalue weighted by Crippen LogP contribution is -2.39. The molecule has 1 amide bonds. The monoisotopic (exact) mass is 483 g/mol. The van der Waals surface area contributed by atoms with Crippen molar-refractivity contribution in [3.05, 3.63) is 12.3 Å². The lowest BCUT2D eigenvalue weighted by molar-refractivity contribution is -0.165. The van der Waals surface area contributed by atoms with Crippen molar-refractivity contribution in [2.75, 3.05) is 13.2 Å². The fourth-order valence-corrected chi connectivity index (χ4v) is 4.07. The molecule has 1 aliphatic heterocycles. The van der Waals surface area contributed by atoms with Crippen LogP contribution in [0, 0.1) is 17.3 Å². The number of rotatable bonds is 15. The van der Waals surface area contributed by atoms with Gasteiger partial charge in [-0.3, -0.25) is 9.59 Å². The zero-order valence-electron chi connectivity index (χ0n) is 21.2. The molecule has 1 saturated heterocycles. The van der Waals surface area contributed by atoms with Gasteiger partial charge in [-0.1, -0.05) is 34.6 Å². The fraction of sp³-hybridized carbons (Fsp3) is 0.760. The first-order valence-electron chi connectivity index (χ1n) is 12.2. The molecule has 0 aromatic rings. The van der Waals surface area contributed by atoms with Crippen LogP contribution in [0.2, 0.25) is 0 Å². The third kappa shape index (κ3) is 9.44. The second-order valence-electron chi connectivity index (χ2n) is 9.58. The Morgan fingerprint density at radius 1 is 1.21 bits per heavy atom. The van der Waals surface area contributed by atoms with Crippen LogP contribution in [0.15, 0.2) is 12.3 Å². The van der Waals surface area contributed by atoms with Gasteiger partial charge >= 0.3 is 17.9 Å². The molecule has 0 aromatic carbocycles. The SMILES string of the molecule is C=C(O)C(=O)OCC(CC(CC)OCCC)C(C)(C)CC(CC)C(=O)OC(=O)C1CCC(=O)N1. The van der Waals surface area contributed by atoms with E-state index in [2.05, 4.69) is 11.9 Å². The van der Waals surface area contributed by atoms with Gasteiger partial charge in [0.2, 0.25) is 5.91 Å². The Hall–Kier alpha value is -2.42. The number of hydrogen-bond donors (Lipinski definition) is 2. The van der Waals surface area contributed by atoms with Gasteiger partial charge in [-0.05, 0) is 50.5 Å². The summed E-state index contributed by atoms with van der Waals surface area (Å²) in [6.07, 6.45) is 3.57. The van der Waals surface area contributed by atoms with Crippen molar-refractivity contribution >= 4 is 23.8 Å². The molecule has 0 saturated carbocycles. The van der Waals surface area contributed by atoms with Gasteiger partial charge in [-0.2, -0.15) is 0 Å². The highest BCUT2D eigenvalue weighted by atomic mass is 16.6. The summed E-state index contributed by atoms with van der Waals surface area (Å²) >= 11 is 0. The van der Waals surface area contributed by atoms with Gasteiger partial charge in [0.05, 0.1) is 18.6 Å². The zero-order valence-corrected chi connectivity index (χ0v) is 21.2. The molecule has 0 radical (unpaired) electrons. The fourth-order valence-electron chi connectivity index (χ4n) is 4.07. The van der Waals surface area contributed by atoms with E-state index in [0.29, 0.717) is 32.3 Å². The maximum atomic E-state index is 12.8. The number of carbonyl (C=O) groups is 4. The second kappa shape index (κ2) is 14.1. The third-order valence-electron chi connectivity index (χ3n) is 6.40. The van der Waals surface area contributed by atoms with Gasteiger partial charge in [0, 0.05) is 18.9 Å². The van der Waals surface area contributed by atoms with Crippen molar-refractivity contribution in [3.8, 4) is 0 Å². The van der Waals surface area contributed by atoms with Crippen molar-refractivity contribution in [3.63, 3.8) is 0 Å². The standard InChI is InChI=1S/C25H41NO8/c1-7-12-32-19(9-3)13-18(15-33-22(29)16(4)27)25(5,6)14-17(8-2)23(30)34-24(31)20-10-11-21(28)26-20/h17-20,27H,4,7-15H2,1-3,5-6H3,(H,26,28). The first-order chi connectivity index (χ1) is 15.9. The van der Waals surface area contributed by atoms with Crippen LogP contribution in [-0.2, 0) is 33.4 Å². The normalized spacial score (nSPS) is 18.5. The molecule has 0 aromatic heterocycles. The van der Waals surface area contributed by atoms with Crippen LogP contribution in [0.3, 0.4) is 0 Å². The van der Waals surface area contributed by atoms with E-state index in [-0.39, 0.29) is 31.0 Å². The average Bonchev–Trinajstić information content (AvgIpc) is 3.22. The highest BCUT2D eigenvalue weighted by molar-refractivity contribution is 5.93. The highest BCUT2D eigenvalue weighted by Gasteiger charge is 2.38. The van der Waals surface area contributed by atoms with Crippen molar-refractivity contribution < 1.29 is 38.5 Å². The summed E-state index contributed by atoms with van der Waals surface area (Å²) in [7, 11) is 0. The third-order valence-corrected chi connectivity index (χ3v) is 6.40. The van der Waals surface area contributed by atoms with E-state index in [9.17, 15) is 24.3 Å². The molecule has 1 fully saturated rings. The number of esters is 3. The first kappa shape index (κ1) is 29.6. The summed E-state index contributed by atoms with van der Waals surface area (Å²) in [4.78, 5) is 48.2. The molecular formula is C25H41NO8. The molecule has 9 nitrogen and oxygen atoms in total. The zero-order chi connectivity index (χ0) is 25.9. The van der Waals surface area contributed by atoms with Gasteiger partial charge in [0.25, 0.3) is 0 Å². The lowest BCUT2D eigenvalue weighted by Gasteiger charge is -2.38. The van der Waals surface area contributed by atoms with Crippen molar-refractivity contribution in [1.82, 2.24) is 5.32 Å². The highest BCUT2D eigenvalue weighted by Crippen LogP contribution is 2.39. The van der Waals surface area contributed by atoms with E-state index in [1.165, 1.54) is 0 Å². The Labute approximate surface area is 202 Å². The molecule has 1 rings (SSSR count). The van der Waals surface area contributed by atoms with Crippen LogP contribution < -0.4 is 5.32 Å². The molecule has 1 heterocycles. The minimum atomic E-state index is -0.890. The molecule has 0 bridgehead atoms. The number of hydrogen-bond acceptors (Lipinski definition) is 8. The lowest BCUT2D eigenvalue weighted by atomic mass is 9.70. The molecule has 4 unspecified atom stereocenters. The molecule has 4 atom stereocenters. The van der Waals surface area contributed by atoms with E-state index < -0.39 is 41.0 Å².